The van der Waals surface area contributed by atoms with Gasteiger partial charge >= 0.3 is 0 Å². The second-order valence-corrected chi connectivity index (χ2v) is 2.84. The lowest BCUT2D eigenvalue weighted by atomic mass is 10.4. The van der Waals surface area contributed by atoms with Crippen molar-refractivity contribution < 1.29 is 15.1 Å². The summed E-state index contributed by atoms with van der Waals surface area (Å²) in [6.07, 6.45) is 1.88. The van der Waals surface area contributed by atoms with E-state index in [1.165, 1.54) is 0 Å². The maximum absolute atomic E-state index is 10.2. The van der Waals surface area contributed by atoms with Crippen LogP contribution in [0.4, 0.5) is 0 Å². The van der Waals surface area contributed by atoms with Crippen LogP contribution in [0.2, 0.25) is 0 Å². The van der Waals surface area contributed by atoms with E-state index in [9.17, 15) is 10.1 Å². The molecule has 0 heterocycles. The van der Waals surface area contributed by atoms with Crippen LogP contribution >= 0.6 is 0 Å². The molecule has 15 heavy (non-hydrogen) atoms. The first-order valence-corrected chi connectivity index (χ1v) is 4.75. The SMILES string of the molecule is O=[N+]([O-])C=C(NCCCO)NCCCO. The number of aliphatic hydroxyl groups excluding tert-OH is 2. The Balaban J connectivity index is 3.90. The minimum atomic E-state index is -0.562. The van der Waals surface area contributed by atoms with Crippen LogP contribution in [0.1, 0.15) is 12.8 Å². The molecule has 0 unspecified atom stereocenters. The number of hydrogen-bond donors (Lipinski definition) is 4. The summed E-state index contributed by atoms with van der Waals surface area (Å²) in [5.41, 5.74) is 0. The molecule has 0 aromatic rings. The zero-order chi connectivity index (χ0) is 11.5. The molecule has 0 fully saturated rings. The Hall–Kier alpha value is -1.34. The van der Waals surface area contributed by atoms with Crippen LogP contribution < -0.4 is 10.6 Å². The molecule has 0 spiro atoms. The number of nitrogens with zero attached hydrogens (tertiary/aromatic N) is 1. The van der Waals surface area contributed by atoms with Gasteiger partial charge in [0.1, 0.15) is 0 Å². The largest absolute Gasteiger partial charge is 0.396 e. The first kappa shape index (κ1) is 13.7. The highest BCUT2D eigenvalue weighted by Gasteiger charge is 2.00. The van der Waals surface area contributed by atoms with Crippen LogP contribution in [0.3, 0.4) is 0 Å². The lowest BCUT2D eigenvalue weighted by molar-refractivity contribution is -0.404. The molecular weight excluding hydrogens is 202 g/mol. The normalized spacial score (nSPS) is 9.47. The summed E-state index contributed by atoms with van der Waals surface area (Å²) in [4.78, 5) is 9.66. The van der Waals surface area contributed by atoms with Crippen molar-refractivity contribution in [2.75, 3.05) is 26.3 Å². The van der Waals surface area contributed by atoms with Crippen LogP contribution in [0.25, 0.3) is 0 Å². The quantitative estimate of drug-likeness (QED) is 0.225. The van der Waals surface area contributed by atoms with Gasteiger partial charge in [0.2, 0.25) is 0 Å². The molecule has 0 radical (unpaired) electrons. The smallest absolute Gasteiger partial charge is 0.274 e. The van der Waals surface area contributed by atoms with Crippen LogP contribution in [0.15, 0.2) is 12.0 Å². The van der Waals surface area contributed by atoms with E-state index in [0.29, 0.717) is 31.8 Å². The molecule has 7 nitrogen and oxygen atoms in total. The maximum Gasteiger partial charge on any atom is 0.274 e. The third-order valence-electron chi connectivity index (χ3n) is 1.54. The van der Waals surface area contributed by atoms with Crippen molar-refractivity contribution in [1.29, 1.82) is 0 Å². The second kappa shape index (κ2) is 9.22. The van der Waals surface area contributed by atoms with Gasteiger partial charge in [0, 0.05) is 26.3 Å². The first-order chi connectivity index (χ1) is 7.20. The van der Waals surface area contributed by atoms with Crippen LogP contribution in [-0.2, 0) is 0 Å². The van der Waals surface area contributed by atoms with Gasteiger partial charge in [-0.05, 0) is 12.8 Å². The highest BCUT2D eigenvalue weighted by molar-refractivity contribution is 4.91. The van der Waals surface area contributed by atoms with Gasteiger partial charge in [-0.15, -0.1) is 0 Å². The van der Waals surface area contributed by atoms with Gasteiger partial charge in [-0.2, -0.15) is 0 Å². The summed E-state index contributed by atoms with van der Waals surface area (Å²) < 4.78 is 0. The van der Waals surface area contributed by atoms with Gasteiger partial charge in [-0.1, -0.05) is 0 Å². The molecule has 0 saturated heterocycles. The summed E-state index contributed by atoms with van der Waals surface area (Å²) in [6.45, 7) is 0.995. The fraction of sp³-hybridized carbons (Fsp3) is 0.750. The topological polar surface area (TPSA) is 108 Å². The van der Waals surface area contributed by atoms with Crippen molar-refractivity contribution in [2.45, 2.75) is 12.8 Å². The van der Waals surface area contributed by atoms with Gasteiger partial charge in [0.25, 0.3) is 6.20 Å². The summed E-state index contributed by atoms with van der Waals surface area (Å²) in [5, 5.41) is 32.8. The molecule has 0 aromatic heterocycles. The maximum atomic E-state index is 10.2. The molecule has 0 bridgehead atoms. The average molecular weight is 219 g/mol. The molecule has 0 aliphatic heterocycles. The lowest BCUT2D eigenvalue weighted by Crippen LogP contribution is -2.29. The van der Waals surface area contributed by atoms with Crippen molar-refractivity contribution in [2.24, 2.45) is 0 Å². The minimum Gasteiger partial charge on any atom is -0.396 e. The average Bonchev–Trinajstić information content (AvgIpc) is 2.17. The molecule has 0 atom stereocenters. The predicted molar refractivity (Wildman–Crippen MR) is 54.5 cm³/mol. The Kier molecular flexibility index (Phi) is 8.40. The molecular formula is C8H17N3O4. The fourth-order valence-electron chi connectivity index (χ4n) is 0.863. The van der Waals surface area contributed by atoms with Crippen molar-refractivity contribution in [3.63, 3.8) is 0 Å². The van der Waals surface area contributed by atoms with Crippen molar-refractivity contribution in [3.8, 4) is 0 Å². The third-order valence-corrected chi connectivity index (χ3v) is 1.54. The fourth-order valence-corrected chi connectivity index (χ4v) is 0.863. The van der Waals surface area contributed by atoms with E-state index >= 15 is 0 Å². The first-order valence-electron chi connectivity index (χ1n) is 4.75. The van der Waals surface area contributed by atoms with E-state index in [4.69, 9.17) is 10.2 Å². The molecule has 0 rings (SSSR count). The Bertz CT molecular complexity index is 196. The Morgan fingerprint density at radius 1 is 1.20 bits per heavy atom. The zero-order valence-electron chi connectivity index (χ0n) is 8.48. The molecule has 4 N–H and O–H groups in total. The molecule has 0 aliphatic carbocycles. The molecule has 0 aromatic carbocycles. The Morgan fingerprint density at radius 3 is 2.00 bits per heavy atom. The van der Waals surface area contributed by atoms with Gasteiger partial charge in [-0.3, -0.25) is 10.1 Å². The van der Waals surface area contributed by atoms with Crippen LogP contribution in [0, 0.1) is 10.1 Å². The highest BCUT2D eigenvalue weighted by atomic mass is 16.6. The van der Waals surface area contributed by atoms with Crippen molar-refractivity contribution in [1.82, 2.24) is 10.6 Å². The number of hydrogen-bond acceptors (Lipinski definition) is 6. The van der Waals surface area contributed by atoms with E-state index in [0.717, 1.165) is 6.20 Å². The van der Waals surface area contributed by atoms with E-state index in [1.54, 1.807) is 0 Å². The standard InChI is InChI=1S/C8H17N3O4/c12-5-1-3-9-8(7-11(14)15)10-4-2-6-13/h7,9-10,12-13H,1-6H2. The molecule has 88 valence electrons. The highest BCUT2D eigenvalue weighted by Crippen LogP contribution is 1.86. The van der Waals surface area contributed by atoms with Gasteiger partial charge in [0.15, 0.2) is 5.82 Å². The van der Waals surface area contributed by atoms with Crippen LogP contribution in [0.5, 0.6) is 0 Å². The number of aliphatic hydroxyl groups is 2. The lowest BCUT2D eigenvalue weighted by Gasteiger charge is -2.09. The van der Waals surface area contributed by atoms with E-state index in [1.807, 2.05) is 0 Å². The van der Waals surface area contributed by atoms with Crippen molar-refractivity contribution in [3.05, 3.63) is 22.1 Å². The van der Waals surface area contributed by atoms with Gasteiger partial charge in [0.05, 0.1) is 4.92 Å². The molecule has 7 heteroatoms. The summed E-state index contributed by atoms with van der Waals surface area (Å²) in [6, 6.07) is 0. The minimum absolute atomic E-state index is 0.0371. The monoisotopic (exact) mass is 219 g/mol. The Morgan fingerprint density at radius 2 is 1.67 bits per heavy atom. The van der Waals surface area contributed by atoms with Gasteiger partial charge in [-0.25, -0.2) is 0 Å². The zero-order valence-corrected chi connectivity index (χ0v) is 8.48. The van der Waals surface area contributed by atoms with Gasteiger partial charge < -0.3 is 20.8 Å². The third kappa shape index (κ3) is 8.98. The van der Waals surface area contributed by atoms with E-state index in [2.05, 4.69) is 10.6 Å². The Labute approximate surface area is 87.9 Å². The number of rotatable bonds is 9. The second-order valence-electron chi connectivity index (χ2n) is 2.84. The predicted octanol–water partition coefficient (Wildman–Crippen LogP) is -0.994. The molecule has 0 saturated carbocycles. The van der Waals surface area contributed by atoms with Crippen molar-refractivity contribution >= 4 is 0 Å². The van der Waals surface area contributed by atoms with E-state index < -0.39 is 4.92 Å². The number of nitro groups is 1. The summed E-state index contributed by atoms with van der Waals surface area (Å²) in [7, 11) is 0. The summed E-state index contributed by atoms with van der Waals surface area (Å²) >= 11 is 0. The molecule has 0 amide bonds. The molecule has 0 aliphatic rings. The number of nitrogens with one attached hydrogen (secondary N) is 2. The van der Waals surface area contributed by atoms with Crippen LogP contribution in [-0.4, -0.2) is 41.4 Å². The summed E-state index contributed by atoms with van der Waals surface area (Å²) in [5.74, 6) is 0.293. The van der Waals surface area contributed by atoms with E-state index in [-0.39, 0.29) is 13.2 Å².